The Morgan fingerprint density at radius 3 is 2.69 bits per heavy atom. The zero-order valence-corrected chi connectivity index (χ0v) is 10.2. The van der Waals surface area contributed by atoms with Crippen LogP contribution in [-0.2, 0) is 4.79 Å². The van der Waals surface area contributed by atoms with Crippen molar-refractivity contribution in [3.8, 4) is 0 Å². The fourth-order valence-electron chi connectivity index (χ4n) is 1.65. The molecule has 0 unspecified atom stereocenters. The maximum atomic E-state index is 11.5. The summed E-state index contributed by atoms with van der Waals surface area (Å²) in [4.78, 5) is 13.6. The lowest BCUT2D eigenvalue weighted by Crippen LogP contribution is -2.34. The van der Waals surface area contributed by atoms with Crippen LogP contribution in [0.15, 0.2) is 0 Å². The maximum absolute atomic E-state index is 11.5. The monoisotopic (exact) mass is 228 g/mol. The van der Waals surface area contributed by atoms with Crippen molar-refractivity contribution in [1.82, 2.24) is 10.2 Å². The summed E-state index contributed by atoms with van der Waals surface area (Å²) in [6.45, 7) is 4.74. The number of carbonyl (C=O) groups excluding carboxylic acids is 1. The number of aliphatic hydroxyl groups excluding tert-OH is 1. The summed E-state index contributed by atoms with van der Waals surface area (Å²) in [5.41, 5.74) is 0. The zero-order valence-electron chi connectivity index (χ0n) is 10.2. The lowest BCUT2D eigenvalue weighted by atomic mass is 10.3. The molecule has 1 rings (SSSR count). The lowest BCUT2D eigenvalue weighted by molar-refractivity contribution is -0.121. The molecule has 0 atom stereocenters. The largest absolute Gasteiger partial charge is 0.395 e. The molecule has 1 aliphatic carbocycles. The number of aliphatic hydroxyl groups is 1. The molecule has 2 N–H and O–H groups in total. The minimum Gasteiger partial charge on any atom is -0.395 e. The Morgan fingerprint density at radius 2 is 2.12 bits per heavy atom. The van der Waals surface area contributed by atoms with Gasteiger partial charge in [-0.2, -0.15) is 0 Å². The van der Waals surface area contributed by atoms with Crippen molar-refractivity contribution in [3.05, 3.63) is 0 Å². The number of nitrogens with zero attached hydrogens (tertiary/aromatic N) is 1. The van der Waals surface area contributed by atoms with Gasteiger partial charge >= 0.3 is 0 Å². The summed E-state index contributed by atoms with van der Waals surface area (Å²) in [5.74, 6) is 0.155. The first-order valence-electron chi connectivity index (χ1n) is 6.38. The van der Waals surface area contributed by atoms with E-state index in [0.29, 0.717) is 19.0 Å². The summed E-state index contributed by atoms with van der Waals surface area (Å²) < 4.78 is 0. The highest BCUT2D eigenvalue weighted by molar-refractivity contribution is 5.76. The van der Waals surface area contributed by atoms with Crippen LogP contribution >= 0.6 is 0 Å². The molecule has 0 bridgehead atoms. The van der Waals surface area contributed by atoms with Crippen LogP contribution < -0.4 is 5.32 Å². The van der Waals surface area contributed by atoms with Crippen LogP contribution in [0.25, 0.3) is 0 Å². The van der Waals surface area contributed by atoms with Gasteiger partial charge in [-0.1, -0.05) is 13.3 Å². The molecule has 4 heteroatoms. The second kappa shape index (κ2) is 7.63. The van der Waals surface area contributed by atoms with Gasteiger partial charge in [0.25, 0.3) is 0 Å². The maximum Gasteiger partial charge on any atom is 0.221 e. The third kappa shape index (κ3) is 6.08. The van der Waals surface area contributed by atoms with Crippen LogP contribution in [0.5, 0.6) is 0 Å². The summed E-state index contributed by atoms with van der Waals surface area (Å²) >= 11 is 0. The second-order valence-corrected chi connectivity index (χ2v) is 4.51. The average Bonchev–Trinajstić information content (AvgIpc) is 3.06. The zero-order chi connectivity index (χ0) is 11.8. The lowest BCUT2D eigenvalue weighted by Gasteiger charge is -2.20. The Balaban J connectivity index is 2.11. The van der Waals surface area contributed by atoms with E-state index in [9.17, 15) is 4.79 Å². The predicted octanol–water partition coefficient (Wildman–Crippen LogP) is 0.749. The number of amides is 1. The van der Waals surface area contributed by atoms with Crippen LogP contribution in [0.4, 0.5) is 0 Å². The molecule has 94 valence electrons. The van der Waals surface area contributed by atoms with Gasteiger partial charge in [0, 0.05) is 25.6 Å². The van der Waals surface area contributed by atoms with Crippen molar-refractivity contribution < 1.29 is 9.90 Å². The normalized spacial score (nSPS) is 15.4. The third-order valence-corrected chi connectivity index (χ3v) is 2.84. The number of hydrogen-bond acceptors (Lipinski definition) is 3. The Bertz CT molecular complexity index is 205. The van der Waals surface area contributed by atoms with E-state index < -0.39 is 0 Å². The average molecular weight is 228 g/mol. The van der Waals surface area contributed by atoms with Gasteiger partial charge in [-0.25, -0.2) is 0 Å². The molecule has 1 saturated carbocycles. The molecule has 1 amide bonds. The van der Waals surface area contributed by atoms with Crippen LogP contribution in [0.3, 0.4) is 0 Å². The molecular weight excluding hydrogens is 204 g/mol. The van der Waals surface area contributed by atoms with Crippen LogP contribution in [0, 0.1) is 0 Å². The van der Waals surface area contributed by atoms with Crippen LogP contribution in [0.1, 0.15) is 39.0 Å². The van der Waals surface area contributed by atoms with Crippen molar-refractivity contribution in [2.45, 2.75) is 45.1 Å². The SMILES string of the molecule is CCCCN(CCO)CCC(=O)NC1CC1. The highest BCUT2D eigenvalue weighted by Crippen LogP contribution is 2.18. The molecule has 0 heterocycles. The molecule has 1 aliphatic rings. The summed E-state index contributed by atoms with van der Waals surface area (Å²) in [6, 6.07) is 0.453. The van der Waals surface area contributed by atoms with Crippen LogP contribution in [-0.4, -0.2) is 48.2 Å². The van der Waals surface area contributed by atoms with Crippen molar-refractivity contribution in [3.63, 3.8) is 0 Å². The second-order valence-electron chi connectivity index (χ2n) is 4.51. The van der Waals surface area contributed by atoms with Gasteiger partial charge in [-0.05, 0) is 25.8 Å². The molecular formula is C12H24N2O2. The predicted molar refractivity (Wildman–Crippen MR) is 64.2 cm³/mol. The number of hydrogen-bond donors (Lipinski definition) is 2. The number of unbranched alkanes of at least 4 members (excludes halogenated alkanes) is 1. The van der Waals surface area contributed by atoms with Gasteiger partial charge in [-0.3, -0.25) is 4.79 Å². The minimum atomic E-state index is 0.155. The van der Waals surface area contributed by atoms with E-state index in [0.717, 1.165) is 38.8 Å². The molecule has 4 nitrogen and oxygen atoms in total. The van der Waals surface area contributed by atoms with Gasteiger partial charge in [-0.15, -0.1) is 0 Å². The van der Waals surface area contributed by atoms with E-state index in [2.05, 4.69) is 17.1 Å². The van der Waals surface area contributed by atoms with Crippen molar-refractivity contribution in [2.24, 2.45) is 0 Å². The molecule has 0 aromatic carbocycles. The number of carbonyl (C=O) groups is 1. The molecule has 1 fully saturated rings. The summed E-state index contributed by atoms with van der Waals surface area (Å²) in [6.07, 6.45) is 5.12. The fraction of sp³-hybridized carbons (Fsp3) is 0.917. The molecule has 16 heavy (non-hydrogen) atoms. The van der Waals surface area contributed by atoms with E-state index >= 15 is 0 Å². The van der Waals surface area contributed by atoms with E-state index in [1.807, 2.05) is 0 Å². The van der Waals surface area contributed by atoms with Gasteiger partial charge in [0.1, 0.15) is 0 Å². The third-order valence-electron chi connectivity index (χ3n) is 2.84. The number of nitrogens with one attached hydrogen (secondary N) is 1. The quantitative estimate of drug-likeness (QED) is 0.612. The van der Waals surface area contributed by atoms with Gasteiger partial charge in [0.15, 0.2) is 0 Å². The minimum absolute atomic E-state index is 0.155. The van der Waals surface area contributed by atoms with Crippen molar-refractivity contribution in [2.75, 3.05) is 26.2 Å². The first kappa shape index (κ1) is 13.5. The molecule has 0 radical (unpaired) electrons. The Labute approximate surface area is 98.0 Å². The molecule has 0 spiro atoms. The van der Waals surface area contributed by atoms with Crippen LogP contribution in [0.2, 0.25) is 0 Å². The van der Waals surface area contributed by atoms with Gasteiger partial charge in [0.2, 0.25) is 5.91 Å². The van der Waals surface area contributed by atoms with E-state index in [4.69, 9.17) is 5.11 Å². The Kier molecular flexibility index (Phi) is 6.42. The first-order valence-corrected chi connectivity index (χ1v) is 6.38. The Morgan fingerprint density at radius 1 is 1.38 bits per heavy atom. The standard InChI is InChI=1S/C12H24N2O2/c1-2-3-7-14(9-10-15)8-6-12(16)13-11-4-5-11/h11,15H,2-10H2,1H3,(H,13,16). The fourth-order valence-corrected chi connectivity index (χ4v) is 1.65. The van der Waals surface area contributed by atoms with Gasteiger partial charge < -0.3 is 15.3 Å². The van der Waals surface area contributed by atoms with E-state index in [1.54, 1.807) is 0 Å². The summed E-state index contributed by atoms with van der Waals surface area (Å²) in [5, 5.41) is 11.9. The Hall–Kier alpha value is -0.610. The highest BCUT2D eigenvalue weighted by atomic mass is 16.3. The molecule has 0 saturated heterocycles. The smallest absolute Gasteiger partial charge is 0.221 e. The topological polar surface area (TPSA) is 52.6 Å². The molecule has 0 aliphatic heterocycles. The van der Waals surface area contributed by atoms with E-state index in [1.165, 1.54) is 0 Å². The summed E-state index contributed by atoms with van der Waals surface area (Å²) in [7, 11) is 0. The molecule has 0 aromatic heterocycles. The van der Waals surface area contributed by atoms with Crippen molar-refractivity contribution >= 4 is 5.91 Å². The van der Waals surface area contributed by atoms with E-state index in [-0.39, 0.29) is 12.5 Å². The number of rotatable bonds is 9. The van der Waals surface area contributed by atoms with Gasteiger partial charge in [0.05, 0.1) is 6.61 Å². The highest BCUT2D eigenvalue weighted by Gasteiger charge is 2.23. The molecule has 0 aromatic rings. The van der Waals surface area contributed by atoms with Crippen molar-refractivity contribution in [1.29, 1.82) is 0 Å². The first-order chi connectivity index (χ1) is 7.76.